The predicted molar refractivity (Wildman–Crippen MR) is 164 cm³/mol. The van der Waals surface area contributed by atoms with E-state index in [1.165, 1.54) is 21.2 Å². The summed E-state index contributed by atoms with van der Waals surface area (Å²) in [7, 11) is -1.94. The molecule has 1 aliphatic heterocycles. The molecular weight excluding hydrogens is 561 g/mol. The Morgan fingerprint density at radius 2 is 1.82 bits per heavy atom. The van der Waals surface area contributed by atoms with Crippen LogP contribution in [0.15, 0.2) is 53.4 Å². The van der Waals surface area contributed by atoms with Crippen LogP contribution in [0.1, 0.15) is 59.8 Å². The van der Waals surface area contributed by atoms with Gasteiger partial charge in [-0.2, -0.15) is 4.31 Å². The second-order valence-electron chi connectivity index (χ2n) is 10.6. The number of fused-ring (bicyclic) bond motifs is 2. The zero-order chi connectivity index (χ0) is 27.9. The number of rotatable bonds is 7. The van der Waals surface area contributed by atoms with Gasteiger partial charge < -0.3 is 5.32 Å². The van der Waals surface area contributed by atoms with Gasteiger partial charge in [-0.05, 0) is 67.8 Å². The normalized spacial score (nSPS) is 16.9. The summed E-state index contributed by atoms with van der Waals surface area (Å²) in [6, 6.07) is 14.5. The summed E-state index contributed by atoms with van der Waals surface area (Å²) in [5, 5.41) is 4.89. The smallest absolute Gasteiger partial charge is 0.256 e. The summed E-state index contributed by atoms with van der Waals surface area (Å²) in [4.78, 5) is 22.3. The average Bonchev–Trinajstić information content (AvgIpc) is 3.57. The van der Waals surface area contributed by atoms with E-state index in [-0.39, 0.29) is 16.8 Å². The van der Waals surface area contributed by atoms with E-state index in [2.05, 4.69) is 23.2 Å². The molecule has 0 radical (unpaired) electrons. The lowest BCUT2D eigenvalue weighted by Crippen LogP contribution is -2.38. The Bertz CT molecular complexity index is 1600. The van der Waals surface area contributed by atoms with Crippen molar-refractivity contribution in [2.24, 2.45) is 0 Å². The molecule has 2 aromatic heterocycles. The maximum atomic E-state index is 13.5. The van der Waals surface area contributed by atoms with Gasteiger partial charge in [0.15, 0.2) is 0 Å². The number of likely N-dealkylation sites (N-methyl/N-ethyl adjacent to an activating group) is 1. The van der Waals surface area contributed by atoms with Gasteiger partial charge >= 0.3 is 0 Å². The van der Waals surface area contributed by atoms with Crippen LogP contribution in [0.5, 0.6) is 0 Å². The lowest BCUT2D eigenvalue weighted by Gasteiger charge is -2.30. The number of thiazole rings is 1. The summed E-state index contributed by atoms with van der Waals surface area (Å²) >= 11 is 3.28. The van der Waals surface area contributed by atoms with Gasteiger partial charge in [-0.3, -0.25) is 9.69 Å². The average molecular weight is 595 g/mol. The number of para-hydroxylation sites is 1. The molecule has 0 unspecified atom stereocenters. The van der Waals surface area contributed by atoms with Crippen molar-refractivity contribution in [2.45, 2.75) is 62.9 Å². The third kappa shape index (κ3) is 5.23. The molecule has 2 aliphatic rings. The summed E-state index contributed by atoms with van der Waals surface area (Å²) in [5.41, 5.74) is 3.69. The molecule has 1 saturated carbocycles. The number of carbonyl (C=O) groups is 1. The Morgan fingerprint density at radius 1 is 1.07 bits per heavy atom. The second-order valence-corrected chi connectivity index (χ2v) is 14.7. The first-order valence-corrected chi connectivity index (χ1v) is 17.0. The Labute approximate surface area is 243 Å². The summed E-state index contributed by atoms with van der Waals surface area (Å²) in [6.45, 7) is 5.01. The molecule has 210 valence electrons. The van der Waals surface area contributed by atoms with E-state index in [1.807, 2.05) is 18.2 Å². The van der Waals surface area contributed by atoms with Crippen molar-refractivity contribution in [1.82, 2.24) is 14.2 Å². The minimum absolute atomic E-state index is 0.0381. The Kier molecular flexibility index (Phi) is 7.80. The summed E-state index contributed by atoms with van der Waals surface area (Å²) in [6.07, 6.45) is 6.00. The fourth-order valence-electron chi connectivity index (χ4n) is 5.78. The van der Waals surface area contributed by atoms with E-state index in [1.54, 1.807) is 54.0 Å². The van der Waals surface area contributed by atoms with Crippen molar-refractivity contribution < 1.29 is 13.2 Å². The number of amides is 1. The molecule has 2 aromatic carbocycles. The zero-order valence-electron chi connectivity index (χ0n) is 22.9. The fourth-order valence-corrected chi connectivity index (χ4v) is 9.59. The third-order valence-corrected chi connectivity index (χ3v) is 12.3. The topological polar surface area (TPSA) is 82.6 Å². The number of aromatic nitrogens is 1. The molecule has 10 heteroatoms. The van der Waals surface area contributed by atoms with Crippen molar-refractivity contribution in [3.8, 4) is 10.6 Å². The Balaban J connectivity index is 1.28. The molecule has 1 aliphatic carbocycles. The standard InChI is InChI=1S/C30H34N4O3S3/c1-3-34-18-17-23-26(19-34)39-30(27(23)29-31-24-11-7-8-12-25(24)38-29)32-28(35)20-13-15-22(16-14-20)40(36,37)33(2)21-9-5-4-6-10-21/h7-8,11-16,21H,3-6,9-10,17-19H2,1-2H3,(H,32,35). The number of anilines is 1. The largest absolute Gasteiger partial charge is 0.313 e. The van der Waals surface area contributed by atoms with Gasteiger partial charge in [-0.25, -0.2) is 13.4 Å². The van der Waals surface area contributed by atoms with Crippen molar-refractivity contribution in [2.75, 3.05) is 25.5 Å². The van der Waals surface area contributed by atoms with Crippen LogP contribution in [-0.4, -0.2) is 54.7 Å². The molecule has 0 saturated heterocycles. The highest BCUT2D eigenvalue weighted by Gasteiger charge is 2.30. The highest BCUT2D eigenvalue weighted by atomic mass is 32.2. The van der Waals surface area contributed by atoms with Gasteiger partial charge in [0.05, 0.1) is 15.1 Å². The van der Waals surface area contributed by atoms with Crippen molar-refractivity contribution in [1.29, 1.82) is 0 Å². The van der Waals surface area contributed by atoms with E-state index in [4.69, 9.17) is 4.98 Å². The molecule has 0 spiro atoms. The predicted octanol–water partition coefficient (Wildman–Crippen LogP) is 6.61. The van der Waals surface area contributed by atoms with Crippen LogP contribution in [0.2, 0.25) is 0 Å². The minimum atomic E-state index is -3.61. The van der Waals surface area contributed by atoms with Crippen LogP contribution in [0.3, 0.4) is 0 Å². The van der Waals surface area contributed by atoms with E-state index in [9.17, 15) is 13.2 Å². The lowest BCUT2D eigenvalue weighted by molar-refractivity contribution is 0.102. The van der Waals surface area contributed by atoms with Gasteiger partial charge in [0, 0.05) is 42.2 Å². The van der Waals surface area contributed by atoms with Gasteiger partial charge in [-0.15, -0.1) is 22.7 Å². The highest BCUT2D eigenvalue weighted by molar-refractivity contribution is 7.89. The maximum absolute atomic E-state index is 13.5. The van der Waals surface area contributed by atoms with Crippen molar-refractivity contribution in [3.63, 3.8) is 0 Å². The van der Waals surface area contributed by atoms with Crippen LogP contribution in [0.25, 0.3) is 20.8 Å². The van der Waals surface area contributed by atoms with Crippen molar-refractivity contribution >= 4 is 53.8 Å². The maximum Gasteiger partial charge on any atom is 0.256 e. The van der Waals surface area contributed by atoms with Crippen LogP contribution in [0, 0.1) is 0 Å². The highest BCUT2D eigenvalue weighted by Crippen LogP contribution is 2.45. The van der Waals surface area contributed by atoms with Crippen molar-refractivity contribution in [3.05, 3.63) is 64.5 Å². The molecule has 1 amide bonds. The number of nitrogens with zero attached hydrogens (tertiary/aromatic N) is 3. The van der Waals surface area contributed by atoms with E-state index in [0.717, 1.165) is 77.5 Å². The van der Waals surface area contributed by atoms with Crippen LogP contribution < -0.4 is 5.32 Å². The number of hydrogen-bond acceptors (Lipinski definition) is 7. The van der Waals surface area contributed by atoms with Crippen LogP contribution in [-0.2, 0) is 23.0 Å². The monoisotopic (exact) mass is 594 g/mol. The minimum Gasteiger partial charge on any atom is -0.313 e. The van der Waals surface area contributed by atoms with Crippen LogP contribution >= 0.6 is 22.7 Å². The Hall–Kier alpha value is -2.63. The van der Waals surface area contributed by atoms with E-state index in [0.29, 0.717) is 5.56 Å². The fraction of sp³-hybridized carbons (Fsp3) is 0.400. The molecule has 40 heavy (non-hydrogen) atoms. The number of carbonyl (C=O) groups excluding carboxylic acids is 1. The van der Waals surface area contributed by atoms with E-state index >= 15 is 0 Å². The number of nitrogens with one attached hydrogen (secondary N) is 1. The lowest BCUT2D eigenvalue weighted by atomic mass is 9.96. The number of sulfonamides is 1. The molecule has 0 bridgehead atoms. The molecule has 1 fully saturated rings. The first-order valence-electron chi connectivity index (χ1n) is 14.0. The van der Waals surface area contributed by atoms with Gasteiger partial charge in [0.2, 0.25) is 10.0 Å². The van der Waals surface area contributed by atoms with E-state index < -0.39 is 10.0 Å². The molecule has 6 rings (SSSR count). The molecular formula is C30H34N4O3S3. The number of hydrogen-bond donors (Lipinski definition) is 1. The first-order chi connectivity index (χ1) is 19.3. The number of benzene rings is 2. The molecule has 3 heterocycles. The SMILES string of the molecule is CCN1CCc2c(sc(NC(=O)c3ccc(S(=O)(=O)N(C)C4CCCCC4)cc3)c2-c2nc3ccccc3s2)C1. The molecule has 4 aromatic rings. The first kappa shape index (κ1) is 27.5. The number of thiophene rings is 1. The molecule has 0 atom stereocenters. The summed E-state index contributed by atoms with van der Waals surface area (Å²) in [5.74, 6) is -0.252. The van der Waals surface area contributed by atoms with Crippen LogP contribution in [0.4, 0.5) is 5.00 Å². The molecule has 1 N–H and O–H groups in total. The van der Waals surface area contributed by atoms with Gasteiger partial charge in [0.25, 0.3) is 5.91 Å². The second kappa shape index (κ2) is 11.3. The quantitative estimate of drug-likeness (QED) is 0.260. The summed E-state index contributed by atoms with van der Waals surface area (Å²) < 4.78 is 29.2. The van der Waals surface area contributed by atoms with Gasteiger partial charge in [-0.1, -0.05) is 38.3 Å². The molecule has 7 nitrogen and oxygen atoms in total. The Morgan fingerprint density at radius 3 is 2.55 bits per heavy atom. The zero-order valence-corrected chi connectivity index (χ0v) is 25.3. The van der Waals surface area contributed by atoms with Gasteiger partial charge in [0.1, 0.15) is 10.0 Å². The third-order valence-electron chi connectivity index (χ3n) is 8.20.